The Morgan fingerprint density at radius 2 is 1.58 bits per heavy atom. The number of thiazole rings is 1. The van der Waals surface area contributed by atoms with Crippen LogP contribution in [0, 0.1) is 5.92 Å². The molecular formula is C28H35N3O3S2. The van der Waals surface area contributed by atoms with Gasteiger partial charge in [-0.15, -0.1) is 11.3 Å². The number of ether oxygens (including phenoxy) is 1. The summed E-state index contributed by atoms with van der Waals surface area (Å²) in [6, 6.07) is 15.7. The normalized spacial score (nSPS) is 19.0. The number of aromatic nitrogens is 1. The summed E-state index contributed by atoms with van der Waals surface area (Å²) in [6.07, 6.45) is 7.85. The molecule has 0 amide bonds. The monoisotopic (exact) mass is 525 g/mol. The van der Waals surface area contributed by atoms with Crippen LogP contribution in [-0.2, 0) is 10.0 Å². The van der Waals surface area contributed by atoms with Crippen LogP contribution in [0.3, 0.4) is 0 Å². The Morgan fingerprint density at radius 1 is 0.917 bits per heavy atom. The van der Waals surface area contributed by atoms with Crippen molar-refractivity contribution in [2.45, 2.75) is 62.8 Å². The zero-order chi connectivity index (χ0) is 25.1. The summed E-state index contributed by atoms with van der Waals surface area (Å²) >= 11 is 1.64. The van der Waals surface area contributed by atoms with Gasteiger partial charge < -0.3 is 9.30 Å². The molecule has 1 saturated carbocycles. The maximum absolute atomic E-state index is 13.2. The van der Waals surface area contributed by atoms with Crippen molar-refractivity contribution in [3.05, 3.63) is 58.7 Å². The number of hydrogen-bond acceptors (Lipinski definition) is 5. The van der Waals surface area contributed by atoms with E-state index in [4.69, 9.17) is 9.73 Å². The predicted octanol–water partition coefficient (Wildman–Crippen LogP) is 6.38. The lowest BCUT2D eigenvalue weighted by Gasteiger charge is -2.29. The highest BCUT2D eigenvalue weighted by molar-refractivity contribution is 7.89. The minimum Gasteiger partial charge on any atom is -0.497 e. The van der Waals surface area contributed by atoms with Gasteiger partial charge in [0.1, 0.15) is 5.75 Å². The van der Waals surface area contributed by atoms with Gasteiger partial charge >= 0.3 is 0 Å². The van der Waals surface area contributed by atoms with E-state index in [1.165, 1.54) is 19.3 Å². The van der Waals surface area contributed by atoms with E-state index in [2.05, 4.69) is 16.9 Å². The van der Waals surface area contributed by atoms with E-state index in [0.29, 0.717) is 29.9 Å². The summed E-state index contributed by atoms with van der Waals surface area (Å²) in [5, 5.41) is 2.16. The van der Waals surface area contributed by atoms with Gasteiger partial charge in [0.05, 0.1) is 23.4 Å². The van der Waals surface area contributed by atoms with Crippen LogP contribution in [0.2, 0.25) is 0 Å². The summed E-state index contributed by atoms with van der Waals surface area (Å²) in [6.45, 7) is 3.40. The molecule has 1 aliphatic heterocycles. The molecule has 0 atom stereocenters. The molecule has 8 heteroatoms. The molecule has 6 nitrogen and oxygen atoms in total. The summed E-state index contributed by atoms with van der Waals surface area (Å²) in [5.41, 5.74) is 3.03. The Balaban J connectivity index is 1.49. The van der Waals surface area contributed by atoms with Crippen LogP contribution in [0.25, 0.3) is 11.3 Å². The van der Waals surface area contributed by atoms with Crippen molar-refractivity contribution in [1.29, 1.82) is 0 Å². The lowest BCUT2D eigenvalue weighted by molar-refractivity contribution is 0.288. The van der Waals surface area contributed by atoms with Gasteiger partial charge in [-0.1, -0.05) is 38.3 Å². The minimum atomic E-state index is -3.46. The second kappa shape index (κ2) is 10.9. The number of methoxy groups -OCH3 is 1. The van der Waals surface area contributed by atoms with Gasteiger partial charge in [-0.05, 0) is 73.6 Å². The number of sulfonamides is 1. The molecule has 0 N–H and O–H groups in total. The van der Waals surface area contributed by atoms with Crippen LogP contribution in [0.15, 0.2) is 63.8 Å². The molecule has 0 radical (unpaired) electrons. The van der Waals surface area contributed by atoms with Crippen molar-refractivity contribution in [2.24, 2.45) is 10.9 Å². The van der Waals surface area contributed by atoms with E-state index in [-0.39, 0.29) is 0 Å². The summed E-state index contributed by atoms with van der Waals surface area (Å²) in [4.78, 5) is 6.34. The highest BCUT2D eigenvalue weighted by atomic mass is 32.2. The standard InChI is InChI=1S/C28H35N3O3S2/c1-21-16-18-30(19-17-21)36(32,33)26-14-8-22(9-15-26)27-20-35-28(31(27)24-6-4-3-5-7-24)29-23-10-12-25(34-2)13-11-23/h8-15,20-21,24H,3-7,16-19H2,1-2H3. The largest absolute Gasteiger partial charge is 0.497 e. The Kier molecular flexibility index (Phi) is 7.65. The number of rotatable bonds is 6. The molecule has 0 unspecified atom stereocenters. The van der Waals surface area contributed by atoms with Crippen molar-refractivity contribution in [3.8, 4) is 17.0 Å². The first-order valence-corrected chi connectivity index (χ1v) is 15.3. The first-order chi connectivity index (χ1) is 17.5. The van der Waals surface area contributed by atoms with Crippen LogP contribution < -0.4 is 9.54 Å². The molecule has 0 spiro atoms. The Morgan fingerprint density at radius 3 is 2.22 bits per heavy atom. The van der Waals surface area contributed by atoms with E-state index in [1.54, 1.807) is 34.9 Å². The molecule has 2 aliphatic rings. The average Bonchev–Trinajstić information content (AvgIpc) is 3.33. The highest BCUT2D eigenvalue weighted by Crippen LogP contribution is 2.33. The fraction of sp³-hybridized carbons (Fsp3) is 0.464. The maximum atomic E-state index is 13.2. The minimum absolute atomic E-state index is 0.378. The maximum Gasteiger partial charge on any atom is 0.243 e. The molecule has 1 aromatic heterocycles. The topological polar surface area (TPSA) is 63.9 Å². The van der Waals surface area contributed by atoms with E-state index < -0.39 is 10.0 Å². The van der Waals surface area contributed by atoms with Gasteiger partial charge in [0.2, 0.25) is 10.0 Å². The number of hydrogen-bond donors (Lipinski definition) is 0. The zero-order valence-corrected chi connectivity index (χ0v) is 22.7. The van der Waals surface area contributed by atoms with Crippen molar-refractivity contribution in [2.75, 3.05) is 20.2 Å². The van der Waals surface area contributed by atoms with E-state index in [0.717, 1.165) is 53.2 Å². The molecule has 36 heavy (non-hydrogen) atoms. The lowest BCUT2D eigenvalue weighted by Crippen LogP contribution is -2.37. The van der Waals surface area contributed by atoms with Gasteiger partial charge in [-0.25, -0.2) is 13.4 Å². The molecule has 1 saturated heterocycles. The van der Waals surface area contributed by atoms with Gasteiger partial charge in [0, 0.05) is 24.5 Å². The predicted molar refractivity (Wildman–Crippen MR) is 145 cm³/mol. The van der Waals surface area contributed by atoms with Crippen molar-refractivity contribution >= 4 is 27.0 Å². The lowest BCUT2D eigenvalue weighted by atomic mass is 9.95. The highest BCUT2D eigenvalue weighted by Gasteiger charge is 2.28. The second-order valence-electron chi connectivity index (χ2n) is 9.99. The van der Waals surface area contributed by atoms with Crippen LogP contribution in [0.1, 0.15) is 57.9 Å². The van der Waals surface area contributed by atoms with Gasteiger partial charge in [-0.3, -0.25) is 0 Å². The number of piperidine rings is 1. The number of benzene rings is 2. The smallest absolute Gasteiger partial charge is 0.243 e. The Hall–Kier alpha value is -2.42. The molecule has 0 bridgehead atoms. The van der Waals surface area contributed by atoms with Crippen LogP contribution in [-0.4, -0.2) is 37.5 Å². The SMILES string of the molecule is COc1ccc(N=c2scc(-c3ccc(S(=O)(=O)N4CCC(C)CC4)cc3)n2C2CCCCC2)cc1. The fourth-order valence-corrected chi connectivity index (χ4v) is 7.70. The molecule has 1 aliphatic carbocycles. The molecule has 3 aromatic rings. The Bertz CT molecular complexity index is 1330. The summed E-state index contributed by atoms with van der Waals surface area (Å²) in [7, 11) is -1.79. The molecule has 192 valence electrons. The van der Waals surface area contributed by atoms with E-state index in [9.17, 15) is 8.42 Å². The quantitative estimate of drug-likeness (QED) is 0.375. The second-order valence-corrected chi connectivity index (χ2v) is 12.8. The fourth-order valence-electron chi connectivity index (χ4n) is 5.24. The van der Waals surface area contributed by atoms with Crippen LogP contribution in [0.4, 0.5) is 5.69 Å². The third-order valence-electron chi connectivity index (χ3n) is 7.51. The van der Waals surface area contributed by atoms with Gasteiger partial charge in [0.15, 0.2) is 4.80 Å². The molecule has 2 heterocycles. The average molecular weight is 526 g/mol. The molecular weight excluding hydrogens is 490 g/mol. The van der Waals surface area contributed by atoms with E-state index >= 15 is 0 Å². The van der Waals surface area contributed by atoms with E-state index in [1.807, 2.05) is 36.4 Å². The molecule has 2 aromatic carbocycles. The van der Waals surface area contributed by atoms with Crippen LogP contribution >= 0.6 is 11.3 Å². The van der Waals surface area contributed by atoms with Gasteiger partial charge in [0.25, 0.3) is 0 Å². The summed E-state index contributed by atoms with van der Waals surface area (Å²) in [5.74, 6) is 1.40. The zero-order valence-electron chi connectivity index (χ0n) is 21.1. The van der Waals surface area contributed by atoms with Gasteiger partial charge in [-0.2, -0.15) is 4.31 Å². The molecule has 2 fully saturated rings. The third kappa shape index (κ3) is 5.31. The first-order valence-electron chi connectivity index (χ1n) is 12.9. The Labute approximate surface area is 218 Å². The summed E-state index contributed by atoms with van der Waals surface area (Å²) < 4.78 is 35.7. The van der Waals surface area contributed by atoms with Crippen LogP contribution in [0.5, 0.6) is 5.75 Å². The van der Waals surface area contributed by atoms with Crippen molar-refractivity contribution < 1.29 is 13.2 Å². The first kappa shape index (κ1) is 25.2. The molecule has 5 rings (SSSR count). The van der Waals surface area contributed by atoms with Crippen molar-refractivity contribution in [1.82, 2.24) is 8.87 Å². The van der Waals surface area contributed by atoms with Crippen molar-refractivity contribution in [3.63, 3.8) is 0 Å². The number of nitrogens with zero attached hydrogens (tertiary/aromatic N) is 3. The third-order valence-corrected chi connectivity index (χ3v) is 10.3.